The molecule has 0 aliphatic rings. The van der Waals surface area contributed by atoms with Crippen LogP contribution in [0.1, 0.15) is 12.5 Å². The average Bonchev–Trinajstić information content (AvgIpc) is 2.21. The first kappa shape index (κ1) is 15.0. The minimum Gasteiger partial charge on any atom is -0.388 e. The van der Waals surface area contributed by atoms with Gasteiger partial charge in [0, 0.05) is 23.3 Å². The molecule has 0 saturated heterocycles. The molecule has 1 rings (SSSR count). The summed E-state index contributed by atoms with van der Waals surface area (Å²) in [6.45, 7) is 2.92. The molecule has 2 N–H and O–H groups in total. The molecular weight excluding hydrogens is 305 g/mol. The van der Waals surface area contributed by atoms with Crippen molar-refractivity contribution >= 4 is 27.7 Å². The highest BCUT2D eigenvalue weighted by atomic mass is 79.9. The van der Waals surface area contributed by atoms with Crippen molar-refractivity contribution in [3.63, 3.8) is 0 Å². The fourth-order valence-corrected chi connectivity index (χ4v) is 2.71. The predicted octanol–water partition coefficient (Wildman–Crippen LogP) is 2.79. The monoisotopic (exact) mass is 321 g/mol. The minimum absolute atomic E-state index is 0.255. The summed E-state index contributed by atoms with van der Waals surface area (Å²) in [5.41, 5.74) is 0.262. The topological polar surface area (TPSA) is 32.3 Å². The Morgan fingerprint density at radius 2 is 2.24 bits per heavy atom. The third-order valence-electron chi connectivity index (χ3n) is 2.29. The molecule has 1 aromatic carbocycles. The molecule has 96 valence electrons. The average molecular weight is 322 g/mol. The number of hydrogen-bond acceptors (Lipinski definition) is 3. The summed E-state index contributed by atoms with van der Waals surface area (Å²) in [4.78, 5) is 0. The van der Waals surface area contributed by atoms with Crippen LogP contribution in [0, 0.1) is 5.82 Å². The van der Waals surface area contributed by atoms with Gasteiger partial charge in [-0.2, -0.15) is 11.8 Å². The Balaban J connectivity index is 2.46. The number of halogens is 2. The van der Waals surface area contributed by atoms with E-state index in [2.05, 4.69) is 21.2 Å². The van der Waals surface area contributed by atoms with Crippen LogP contribution in [-0.4, -0.2) is 29.3 Å². The SMILES string of the molecule is CSCC(C)(O)CNCc1ccc(F)cc1Br. The van der Waals surface area contributed by atoms with Crippen LogP contribution in [-0.2, 0) is 6.54 Å². The zero-order chi connectivity index (χ0) is 12.9. The third kappa shape index (κ3) is 5.38. The Labute approximate surface area is 114 Å². The Kier molecular flexibility index (Phi) is 5.92. The molecule has 0 fully saturated rings. The first-order valence-electron chi connectivity index (χ1n) is 5.30. The molecule has 0 heterocycles. The van der Waals surface area contributed by atoms with Crippen LogP contribution in [0.3, 0.4) is 0 Å². The molecule has 0 amide bonds. The maximum atomic E-state index is 12.9. The van der Waals surface area contributed by atoms with E-state index in [4.69, 9.17) is 0 Å². The van der Waals surface area contributed by atoms with Gasteiger partial charge in [0.05, 0.1) is 5.60 Å². The van der Waals surface area contributed by atoms with Gasteiger partial charge in [0.15, 0.2) is 0 Å². The van der Waals surface area contributed by atoms with Crippen molar-refractivity contribution in [1.82, 2.24) is 5.32 Å². The van der Waals surface area contributed by atoms with Gasteiger partial charge in [-0.25, -0.2) is 4.39 Å². The van der Waals surface area contributed by atoms with E-state index >= 15 is 0 Å². The van der Waals surface area contributed by atoms with Gasteiger partial charge in [0.2, 0.25) is 0 Å². The van der Waals surface area contributed by atoms with Gasteiger partial charge in [-0.3, -0.25) is 0 Å². The van der Waals surface area contributed by atoms with Crippen LogP contribution in [0.4, 0.5) is 4.39 Å². The largest absolute Gasteiger partial charge is 0.388 e. The Bertz CT molecular complexity index is 374. The first-order valence-corrected chi connectivity index (χ1v) is 7.49. The maximum Gasteiger partial charge on any atom is 0.124 e. The Morgan fingerprint density at radius 3 is 2.82 bits per heavy atom. The van der Waals surface area contributed by atoms with Crippen molar-refractivity contribution in [2.45, 2.75) is 19.1 Å². The van der Waals surface area contributed by atoms with Crippen molar-refractivity contribution in [2.24, 2.45) is 0 Å². The van der Waals surface area contributed by atoms with E-state index in [1.807, 2.05) is 6.26 Å². The first-order chi connectivity index (χ1) is 7.94. The molecule has 17 heavy (non-hydrogen) atoms. The normalized spacial score (nSPS) is 14.6. The molecule has 1 atom stereocenters. The van der Waals surface area contributed by atoms with E-state index in [9.17, 15) is 9.50 Å². The standard InChI is InChI=1S/C12H17BrFNOS/c1-12(16,8-17-2)7-15-6-9-3-4-10(14)5-11(9)13/h3-5,15-16H,6-8H2,1-2H3. The highest BCUT2D eigenvalue weighted by molar-refractivity contribution is 9.10. The second-order valence-corrected chi connectivity index (χ2v) is 5.99. The van der Waals surface area contributed by atoms with Gasteiger partial charge in [0.1, 0.15) is 5.82 Å². The fourth-order valence-electron chi connectivity index (χ4n) is 1.49. The number of nitrogens with one attached hydrogen (secondary N) is 1. The number of thioether (sulfide) groups is 1. The Morgan fingerprint density at radius 1 is 1.53 bits per heavy atom. The van der Waals surface area contributed by atoms with Crippen molar-refractivity contribution in [3.8, 4) is 0 Å². The maximum absolute atomic E-state index is 12.9. The number of benzene rings is 1. The molecule has 5 heteroatoms. The lowest BCUT2D eigenvalue weighted by Crippen LogP contribution is -2.39. The van der Waals surface area contributed by atoms with E-state index in [1.54, 1.807) is 24.8 Å². The zero-order valence-electron chi connectivity index (χ0n) is 9.96. The van der Waals surface area contributed by atoms with Crippen molar-refractivity contribution in [1.29, 1.82) is 0 Å². The lowest BCUT2D eigenvalue weighted by atomic mass is 10.1. The van der Waals surface area contributed by atoms with Gasteiger partial charge in [-0.05, 0) is 30.9 Å². The molecule has 0 aliphatic heterocycles. The second-order valence-electron chi connectivity index (χ2n) is 4.27. The van der Waals surface area contributed by atoms with E-state index in [-0.39, 0.29) is 5.82 Å². The van der Waals surface area contributed by atoms with Crippen LogP contribution in [0.2, 0.25) is 0 Å². The van der Waals surface area contributed by atoms with E-state index < -0.39 is 5.60 Å². The number of rotatable bonds is 6. The quantitative estimate of drug-likeness (QED) is 0.845. The molecule has 1 unspecified atom stereocenters. The summed E-state index contributed by atoms with van der Waals surface area (Å²) in [5, 5.41) is 13.1. The molecule has 0 bridgehead atoms. The smallest absolute Gasteiger partial charge is 0.124 e. The van der Waals surface area contributed by atoms with Crippen LogP contribution < -0.4 is 5.32 Å². The molecular formula is C12H17BrFNOS. The third-order valence-corrected chi connectivity index (χ3v) is 3.94. The van der Waals surface area contributed by atoms with E-state index in [0.717, 1.165) is 10.0 Å². The van der Waals surface area contributed by atoms with Crippen LogP contribution >= 0.6 is 27.7 Å². The summed E-state index contributed by atoms with van der Waals surface area (Å²) in [6.07, 6.45) is 1.96. The fraction of sp³-hybridized carbons (Fsp3) is 0.500. The molecule has 0 aromatic heterocycles. The molecule has 0 aliphatic carbocycles. The van der Waals surface area contributed by atoms with Crippen LogP contribution in [0.15, 0.2) is 22.7 Å². The van der Waals surface area contributed by atoms with E-state index in [1.165, 1.54) is 12.1 Å². The van der Waals surface area contributed by atoms with Crippen LogP contribution in [0.5, 0.6) is 0 Å². The zero-order valence-corrected chi connectivity index (χ0v) is 12.4. The second kappa shape index (κ2) is 6.73. The minimum atomic E-state index is -0.716. The lowest BCUT2D eigenvalue weighted by Gasteiger charge is -2.22. The van der Waals surface area contributed by atoms with Gasteiger partial charge in [0.25, 0.3) is 0 Å². The van der Waals surface area contributed by atoms with Crippen molar-refractivity contribution < 1.29 is 9.50 Å². The highest BCUT2D eigenvalue weighted by Crippen LogP contribution is 2.18. The molecule has 2 nitrogen and oxygen atoms in total. The number of hydrogen-bond donors (Lipinski definition) is 2. The van der Waals surface area contributed by atoms with Gasteiger partial charge >= 0.3 is 0 Å². The summed E-state index contributed by atoms with van der Waals surface area (Å²) in [5.74, 6) is 0.430. The lowest BCUT2D eigenvalue weighted by molar-refractivity contribution is 0.0845. The van der Waals surface area contributed by atoms with Gasteiger partial charge in [-0.15, -0.1) is 0 Å². The highest BCUT2D eigenvalue weighted by Gasteiger charge is 2.18. The summed E-state index contributed by atoms with van der Waals surface area (Å²) in [7, 11) is 0. The summed E-state index contributed by atoms with van der Waals surface area (Å²) < 4.78 is 13.6. The summed E-state index contributed by atoms with van der Waals surface area (Å²) >= 11 is 4.92. The van der Waals surface area contributed by atoms with Crippen molar-refractivity contribution in [2.75, 3.05) is 18.6 Å². The molecule has 0 radical (unpaired) electrons. The Hall–Kier alpha value is -0.100. The van der Waals surface area contributed by atoms with Gasteiger partial charge in [-0.1, -0.05) is 22.0 Å². The summed E-state index contributed by atoms with van der Waals surface area (Å²) in [6, 6.07) is 4.61. The predicted molar refractivity (Wildman–Crippen MR) is 74.8 cm³/mol. The molecule has 0 saturated carbocycles. The van der Waals surface area contributed by atoms with Crippen molar-refractivity contribution in [3.05, 3.63) is 34.1 Å². The van der Waals surface area contributed by atoms with Gasteiger partial charge < -0.3 is 10.4 Å². The van der Waals surface area contributed by atoms with Crippen LogP contribution in [0.25, 0.3) is 0 Å². The van der Waals surface area contributed by atoms with E-state index in [0.29, 0.717) is 18.8 Å². The molecule has 0 spiro atoms. The number of aliphatic hydroxyl groups is 1. The molecule has 1 aromatic rings.